The Morgan fingerprint density at radius 3 is 2.63 bits per heavy atom. The topological polar surface area (TPSA) is 39.9 Å². The average molecular weight is 280 g/mol. The molecule has 0 spiro atoms. The monoisotopic (exact) mass is 279 g/mol. The second-order valence-corrected chi connectivity index (χ2v) is 4.96. The first kappa shape index (κ1) is 13.9. The van der Waals surface area contributed by atoms with Crippen molar-refractivity contribution in [3.8, 4) is 5.75 Å². The third kappa shape index (κ3) is 4.24. The van der Waals surface area contributed by atoms with Crippen molar-refractivity contribution in [1.82, 2.24) is 15.0 Å². The SMILES string of the molecule is Cc1cc(C)cc(OCCn2cc(CCCl)nn2)c1. The summed E-state index contributed by atoms with van der Waals surface area (Å²) >= 11 is 5.66. The normalized spacial score (nSPS) is 10.7. The van der Waals surface area contributed by atoms with E-state index in [0.29, 0.717) is 19.0 Å². The molecule has 5 heteroatoms. The number of nitrogens with zero attached hydrogens (tertiary/aromatic N) is 3. The minimum atomic E-state index is 0.567. The summed E-state index contributed by atoms with van der Waals surface area (Å²) in [6, 6.07) is 6.20. The summed E-state index contributed by atoms with van der Waals surface area (Å²) < 4.78 is 7.51. The number of halogens is 1. The average Bonchev–Trinajstić information content (AvgIpc) is 2.76. The smallest absolute Gasteiger partial charge is 0.119 e. The maximum atomic E-state index is 5.73. The van der Waals surface area contributed by atoms with Gasteiger partial charge < -0.3 is 4.74 Å². The van der Waals surface area contributed by atoms with E-state index in [1.165, 1.54) is 11.1 Å². The number of rotatable bonds is 6. The molecule has 0 amide bonds. The number of aromatic nitrogens is 3. The molecule has 0 N–H and O–H groups in total. The number of hydrogen-bond acceptors (Lipinski definition) is 3. The maximum absolute atomic E-state index is 5.73. The largest absolute Gasteiger partial charge is 0.492 e. The number of benzene rings is 1. The van der Waals surface area contributed by atoms with E-state index in [9.17, 15) is 0 Å². The van der Waals surface area contributed by atoms with E-state index in [1.54, 1.807) is 4.68 Å². The van der Waals surface area contributed by atoms with Gasteiger partial charge in [-0.1, -0.05) is 11.3 Å². The van der Waals surface area contributed by atoms with Crippen LogP contribution in [0.1, 0.15) is 16.8 Å². The predicted molar refractivity (Wildman–Crippen MR) is 75.9 cm³/mol. The highest BCUT2D eigenvalue weighted by Gasteiger charge is 2.01. The van der Waals surface area contributed by atoms with Gasteiger partial charge in [0.05, 0.1) is 12.2 Å². The van der Waals surface area contributed by atoms with Crippen molar-refractivity contribution in [2.75, 3.05) is 12.5 Å². The van der Waals surface area contributed by atoms with Gasteiger partial charge in [0.1, 0.15) is 12.4 Å². The van der Waals surface area contributed by atoms with Crippen LogP contribution in [0.5, 0.6) is 5.75 Å². The Balaban J connectivity index is 1.85. The van der Waals surface area contributed by atoms with Crippen LogP contribution in [0.15, 0.2) is 24.4 Å². The molecule has 0 saturated heterocycles. The predicted octanol–water partition coefficient (Wildman–Crippen LogP) is 2.76. The highest BCUT2D eigenvalue weighted by atomic mass is 35.5. The van der Waals surface area contributed by atoms with Crippen molar-refractivity contribution in [1.29, 1.82) is 0 Å². The molecule has 102 valence electrons. The zero-order chi connectivity index (χ0) is 13.7. The van der Waals surface area contributed by atoms with Crippen LogP contribution in [-0.2, 0) is 13.0 Å². The summed E-state index contributed by atoms with van der Waals surface area (Å²) in [5.41, 5.74) is 3.33. The van der Waals surface area contributed by atoms with E-state index in [1.807, 2.05) is 18.3 Å². The van der Waals surface area contributed by atoms with E-state index < -0.39 is 0 Å². The zero-order valence-electron chi connectivity index (χ0n) is 11.3. The molecule has 0 unspecified atom stereocenters. The molecule has 1 heterocycles. The maximum Gasteiger partial charge on any atom is 0.119 e. The fraction of sp³-hybridized carbons (Fsp3) is 0.429. The Labute approximate surface area is 118 Å². The Morgan fingerprint density at radius 1 is 1.21 bits per heavy atom. The summed E-state index contributed by atoms with van der Waals surface area (Å²) in [4.78, 5) is 0. The third-order valence-electron chi connectivity index (χ3n) is 2.72. The second kappa shape index (κ2) is 6.57. The van der Waals surface area contributed by atoms with Crippen LogP contribution in [0.25, 0.3) is 0 Å². The van der Waals surface area contributed by atoms with Gasteiger partial charge in [-0.15, -0.1) is 16.7 Å². The van der Waals surface area contributed by atoms with Crippen molar-refractivity contribution in [2.45, 2.75) is 26.8 Å². The van der Waals surface area contributed by atoms with E-state index in [0.717, 1.165) is 17.9 Å². The molecule has 1 aromatic heterocycles. The molecule has 19 heavy (non-hydrogen) atoms. The fourth-order valence-electron chi connectivity index (χ4n) is 1.93. The van der Waals surface area contributed by atoms with Gasteiger partial charge in [0.2, 0.25) is 0 Å². The number of alkyl halides is 1. The van der Waals surface area contributed by atoms with Crippen molar-refractivity contribution < 1.29 is 4.74 Å². The van der Waals surface area contributed by atoms with E-state index in [2.05, 4.69) is 30.2 Å². The molecule has 1 aromatic carbocycles. The lowest BCUT2D eigenvalue weighted by molar-refractivity contribution is 0.289. The summed E-state index contributed by atoms with van der Waals surface area (Å²) in [5.74, 6) is 1.47. The first-order valence-electron chi connectivity index (χ1n) is 6.33. The van der Waals surface area contributed by atoms with Crippen LogP contribution in [0.4, 0.5) is 0 Å². The Bertz CT molecular complexity index is 519. The standard InChI is InChI=1S/C14H18ClN3O/c1-11-7-12(2)9-14(8-11)19-6-5-18-10-13(3-4-15)16-17-18/h7-10H,3-6H2,1-2H3. The van der Waals surface area contributed by atoms with Gasteiger partial charge in [0.25, 0.3) is 0 Å². The molecular weight excluding hydrogens is 262 g/mol. The minimum absolute atomic E-state index is 0.567. The quantitative estimate of drug-likeness (QED) is 0.764. The van der Waals surface area contributed by atoms with Gasteiger partial charge in [-0.2, -0.15) is 0 Å². The molecular formula is C14H18ClN3O. The molecule has 0 aliphatic rings. The second-order valence-electron chi connectivity index (χ2n) is 4.58. The first-order valence-corrected chi connectivity index (χ1v) is 6.87. The van der Waals surface area contributed by atoms with Gasteiger partial charge in [-0.05, 0) is 37.1 Å². The summed E-state index contributed by atoms with van der Waals surface area (Å²) in [7, 11) is 0. The third-order valence-corrected chi connectivity index (χ3v) is 2.91. The molecule has 2 rings (SSSR count). The van der Waals surface area contributed by atoms with Crippen LogP contribution in [-0.4, -0.2) is 27.5 Å². The van der Waals surface area contributed by atoms with Gasteiger partial charge in [-0.25, -0.2) is 4.68 Å². The zero-order valence-corrected chi connectivity index (χ0v) is 12.0. The van der Waals surface area contributed by atoms with E-state index >= 15 is 0 Å². The lowest BCUT2D eigenvalue weighted by Gasteiger charge is -2.07. The molecule has 0 saturated carbocycles. The highest BCUT2D eigenvalue weighted by molar-refractivity contribution is 6.17. The minimum Gasteiger partial charge on any atom is -0.492 e. The van der Waals surface area contributed by atoms with E-state index in [4.69, 9.17) is 16.3 Å². The van der Waals surface area contributed by atoms with Crippen molar-refractivity contribution in [3.05, 3.63) is 41.2 Å². The molecule has 0 atom stereocenters. The lowest BCUT2D eigenvalue weighted by Crippen LogP contribution is -2.08. The van der Waals surface area contributed by atoms with Crippen molar-refractivity contribution in [2.24, 2.45) is 0 Å². The molecule has 0 aliphatic heterocycles. The van der Waals surface area contributed by atoms with Crippen LogP contribution < -0.4 is 4.74 Å². The Morgan fingerprint density at radius 2 is 1.95 bits per heavy atom. The van der Waals surface area contributed by atoms with Gasteiger partial charge in [0, 0.05) is 18.5 Å². The number of hydrogen-bond donors (Lipinski definition) is 0. The van der Waals surface area contributed by atoms with Crippen LogP contribution in [0, 0.1) is 13.8 Å². The molecule has 0 aliphatic carbocycles. The van der Waals surface area contributed by atoms with E-state index in [-0.39, 0.29) is 0 Å². The van der Waals surface area contributed by atoms with Crippen molar-refractivity contribution in [3.63, 3.8) is 0 Å². The molecule has 0 fully saturated rings. The Kier molecular flexibility index (Phi) is 4.80. The number of aryl methyl sites for hydroxylation is 3. The van der Waals surface area contributed by atoms with Crippen LogP contribution >= 0.6 is 11.6 Å². The van der Waals surface area contributed by atoms with Crippen molar-refractivity contribution >= 4 is 11.6 Å². The molecule has 0 radical (unpaired) electrons. The summed E-state index contributed by atoms with van der Waals surface area (Å²) in [6.45, 7) is 5.39. The highest BCUT2D eigenvalue weighted by Crippen LogP contribution is 2.16. The lowest BCUT2D eigenvalue weighted by atomic mass is 10.1. The molecule has 0 bridgehead atoms. The molecule has 2 aromatic rings. The Hall–Kier alpha value is -1.55. The van der Waals surface area contributed by atoms with Gasteiger partial charge >= 0.3 is 0 Å². The summed E-state index contributed by atoms with van der Waals surface area (Å²) in [6.07, 6.45) is 2.66. The van der Waals surface area contributed by atoms with Gasteiger partial charge in [0.15, 0.2) is 0 Å². The fourth-order valence-corrected chi connectivity index (χ4v) is 2.13. The van der Waals surface area contributed by atoms with Crippen LogP contribution in [0.2, 0.25) is 0 Å². The first-order chi connectivity index (χ1) is 9.17. The van der Waals surface area contributed by atoms with Gasteiger partial charge in [-0.3, -0.25) is 0 Å². The van der Waals surface area contributed by atoms with Crippen LogP contribution in [0.3, 0.4) is 0 Å². The number of ether oxygens (including phenoxy) is 1. The molecule has 4 nitrogen and oxygen atoms in total. The summed E-state index contributed by atoms with van der Waals surface area (Å²) in [5, 5.41) is 8.06.